The summed E-state index contributed by atoms with van der Waals surface area (Å²) in [6.45, 7) is 0. The van der Waals surface area contributed by atoms with E-state index in [4.69, 9.17) is 10.7 Å². The van der Waals surface area contributed by atoms with Crippen LogP contribution in [0, 0.1) is 0 Å². The summed E-state index contributed by atoms with van der Waals surface area (Å²) in [6, 6.07) is 5.20. The first-order valence-electron chi connectivity index (χ1n) is 5.88. The second kappa shape index (κ2) is 7.50. The van der Waals surface area contributed by atoms with Crippen molar-refractivity contribution in [3.63, 3.8) is 0 Å². The normalized spacial score (nSPS) is 13.6. The minimum absolute atomic E-state index is 0. The van der Waals surface area contributed by atoms with E-state index in [0.29, 0.717) is 5.06 Å². The van der Waals surface area contributed by atoms with E-state index >= 15 is 0 Å². The summed E-state index contributed by atoms with van der Waals surface area (Å²) in [5.41, 5.74) is 1.96. The number of hydroxylamine groups is 2. The molecule has 2 rings (SSSR count). The molecule has 0 radical (unpaired) electrons. The molecule has 0 aliphatic carbocycles. The van der Waals surface area contributed by atoms with Gasteiger partial charge in [0.1, 0.15) is 0 Å². The molecule has 2 amide bonds. The zero-order valence-corrected chi connectivity index (χ0v) is 11.9. The minimum atomic E-state index is -0.879. The Labute approximate surface area is 130 Å². The molecule has 1 aliphatic heterocycles. The number of rotatable bonds is 4. The molecule has 1 aliphatic rings. The van der Waals surface area contributed by atoms with Gasteiger partial charge >= 0.3 is 11.9 Å². The van der Waals surface area contributed by atoms with Crippen molar-refractivity contribution >= 4 is 36.2 Å². The molecule has 10 heteroatoms. The molecule has 0 saturated carbocycles. The topological polar surface area (TPSA) is 128 Å². The fraction of sp³-hybridized carbons (Fsp3) is 0.167. The third-order valence-electron chi connectivity index (χ3n) is 2.69. The number of amides is 2. The lowest BCUT2D eigenvalue weighted by molar-refractivity contribution is -0.172. The maximum atomic E-state index is 11.8. The molecule has 1 heterocycles. The Morgan fingerprint density at radius 1 is 1.00 bits per heavy atom. The fourth-order valence-corrected chi connectivity index (χ4v) is 1.65. The zero-order valence-electron chi connectivity index (χ0n) is 11.1. The Hall–Kier alpha value is -2.49. The summed E-state index contributed by atoms with van der Waals surface area (Å²) in [6.07, 6.45) is 0.0337. The first-order chi connectivity index (χ1) is 10.0. The third kappa shape index (κ3) is 3.79. The summed E-state index contributed by atoms with van der Waals surface area (Å²) in [5.74, 6) is 2.08. The van der Waals surface area contributed by atoms with Crippen LogP contribution in [0.1, 0.15) is 33.6 Å². The van der Waals surface area contributed by atoms with E-state index in [2.05, 4.69) is 4.84 Å². The lowest BCUT2D eigenvalue weighted by Crippen LogP contribution is -2.32. The van der Waals surface area contributed by atoms with Gasteiger partial charge in [-0.2, -0.15) is 0 Å². The van der Waals surface area contributed by atoms with Crippen molar-refractivity contribution in [1.82, 2.24) is 10.7 Å². The molecule has 0 aromatic heterocycles. The second-order valence-corrected chi connectivity index (χ2v) is 4.05. The number of imide groups is 1. The third-order valence-corrected chi connectivity index (χ3v) is 2.69. The number of hydrazine groups is 1. The van der Waals surface area contributed by atoms with E-state index in [-0.39, 0.29) is 36.4 Å². The van der Waals surface area contributed by atoms with Crippen LogP contribution in [0.5, 0.6) is 0 Å². The van der Waals surface area contributed by atoms with Gasteiger partial charge in [-0.3, -0.25) is 9.59 Å². The highest BCUT2D eigenvalue weighted by atomic mass is 35.5. The Morgan fingerprint density at radius 3 is 1.91 bits per heavy atom. The predicted molar refractivity (Wildman–Crippen MR) is 72.9 cm³/mol. The van der Waals surface area contributed by atoms with Crippen molar-refractivity contribution in [2.75, 3.05) is 0 Å². The maximum absolute atomic E-state index is 11.8. The number of nitrogens with two attached hydrogens (primary N) is 1. The van der Waals surface area contributed by atoms with Gasteiger partial charge < -0.3 is 9.68 Å². The van der Waals surface area contributed by atoms with Gasteiger partial charge in [0.2, 0.25) is 0 Å². The Balaban J connectivity index is 0.00000242. The summed E-state index contributed by atoms with van der Waals surface area (Å²) in [7, 11) is 0. The SMILES string of the molecule is Cl.NNOC(=O)c1ccc(C(=O)ON2C(=O)CCC2=O)cc1. The highest BCUT2D eigenvalue weighted by Crippen LogP contribution is 2.14. The van der Waals surface area contributed by atoms with Crippen LogP contribution >= 0.6 is 12.4 Å². The van der Waals surface area contributed by atoms with Gasteiger partial charge in [-0.15, -0.1) is 17.5 Å². The largest absolute Gasteiger partial charge is 0.363 e. The van der Waals surface area contributed by atoms with Gasteiger partial charge in [0, 0.05) is 12.8 Å². The number of hydrogen-bond acceptors (Lipinski definition) is 8. The van der Waals surface area contributed by atoms with Crippen molar-refractivity contribution in [3.8, 4) is 0 Å². The highest BCUT2D eigenvalue weighted by molar-refractivity contribution is 6.02. The predicted octanol–water partition coefficient (Wildman–Crippen LogP) is -0.136. The standard InChI is InChI=1S/C12H11N3O6.ClH/c13-14-20-11(18)7-1-3-8(4-2-7)12(19)21-15-9(16)5-6-10(15)17;/h1-4,14H,5-6,13H2;1H. The molecule has 0 atom stereocenters. The highest BCUT2D eigenvalue weighted by Gasteiger charge is 2.33. The molecular formula is C12H12ClN3O6. The second-order valence-electron chi connectivity index (χ2n) is 4.05. The fourth-order valence-electron chi connectivity index (χ4n) is 1.65. The molecule has 0 spiro atoms. The quantitative estimate of drug-likeness (QED) is 0.444. The molecule has 0 bridgehead atoms. The van der Waals surface area contributed by atoms with Crippen LogP contribution in [0.25, 0.3) is 0 Å². The van der Waals surface area contributed by atoms with E-state index in [1.54, 1.807) is 5.59 Å². The van der Waals surface area contributed by atoms with Crippen LogP contribution in [0.2, 0.25) is 0 Å². The molecule has 0 unspecified atom stereocenters. The number of carbonyl (C=O) groups excluding carboxylic acids is 4. The van der Waals surface area contributed by atoms with Gasteiger partial charge in [-0.25, -0.2) is 15.4 Å². The van der Waals surface area contributed by atoms with Crippen molar-refractivity contribution in [3.05, 3.63) is 35.4 Å². The molecule has 1 fully saturated rings. The van der Waals surface area contributed by atoms with Crippen LogP contribution in [0.3, 0.4) is 0 Å². The molecule has 9 nitrogen and oxygen atoms in total. The minimum Gasteiger partial charge on any atom is -0.351 e. The van der Waals surface area contributed by atoms with Crippen LogP contribution in [0.15, 0.2) is 24.3 Å². The lowest BCUT2D eigenvalue weighted by atomic mass is 10.1. The van der Waals surface area contributed by atoms with Gasteiger partial charge in [-0.1, -0.05) is 5.59 Å². The van der Waals surface area contributed by atoms with Crippen molar-refractivity contribution < 1.29 is 28.9 Å². The molecule has 118 valence electrons. The Bertz CT molecular complexity index is 587. The van der Waals surface area contributed by atoms with Crippen LogP contribution < -0.4 is 11.4 Å². The number of nitrogens with zero attached hydrogens (tertiary/aromatic N) is 1. The summed E-state index contributed by atoms with van der Waals surface area (Å²) >= 11 is 0. The number of benzene rings is 1. The first-order valence-corrected chi connectivity index (χ1v) is 5.88. The molecule has 3 N–H and O–H groups in total. The molecular weight excluding hydrogens is 318 g/mol. The van der Waals surface area contributed by atoms with Crippen molar-refractivity contribution in [2.45, 2.75) is 12.8 Å². The van der Waals surface area contributed by atoms with E-state index in [9.17, 15) is 19.2 Å². The maximum Gasteiger partial charge on any atom is 0.363 e. The summed E-state index contributed by atoms with van der Waals surface area (Å²) in [5, 5.41) is 0.447. The van der Waals surface area contributed by atoms with E-state index < -0.39 is 23.8 Å². The molecule has 22 heavy (non-hydrogen) atoms. The van der Waals surface area contributed by atoms with Crippen LogP contribution in [-0.4, -0.2) is 28.8 Å². The number of carbonyl (C=O) groups is 4. The van der Waals surface area contributed by atoms with E-state index in [1.165, 1.54) is 24.3 Å². The Morgan fingerprint density at radius 2 is 1.45 bits per heavy atom. The van der Waals surface area contributed by atoms with Crippen LogP contribution in [0.4, 0.5) is 0 Å². The van der Waals surface area contributed by atoms with Crippen molar-refractivity contribution in [2.24, 2.45) is 5.84 Å². The van der Waals surface area contributed by atoms with E-state index in [0.717, 1.165) is 0 Å². The van der Waals surface area contributed by atoms with Crippen LogP contribution in [-0.2, 0) is 19.3 Å². The molecule has 1 aromatic carbocycles. The zero-order chi connectivity index (χ0) is 15.4. The van der Waals surface area contributed by atoms with Gasteiger partial charge in [0.05, 0.1) is 11.1 Å². The molecule has 1 aromatic rings. The number of halogens is 1. The average molecular weight is 330 g/mol. The van der Waals surface area contributed by atoms with Gasteiger partial charge in [-0.05, 0) is 24.3 Å². The average Bonchev–Trinajstić information content (AvgIpc) is 2.79. The van der Waals surface area contributed by atoms with E-state index in [1.807, 2.05) is 0 Å². The summed E-state index contributed by atoms with van der Waals surface area (Å²) in [4.78, 5) is 54.8. The number of hydrogen-bond donors (Lipinski definition) is 2. The lowest BCUT2D eigenvalue weighted by Gasteiger charge is -2.12. The molecule has 1 saturated heterocycles. The number of nitrogens with one attached hydrogen (secondary N) is 1. The van der Waals surface area contributed by atoms with Gasteiger partial charge in [0.25, 0.3) is 11.8 Å². The Kier molecular flexibility index (Phi) is 5.99. The van der Waals surface area contributed by atoms with Crippen molar-refractivity contribution in [1.29, 1.82) is 0 Å². The van der Waals surface area contributed by atoms with Gasteiger partial charge in [0.15, 0.2) is 0 Å². The monoisotopic (exact) mass is 329 g/mol. The summed E-state index contributed by atoms with van der Waals surface area (Å²) < 4.78 is 0. The first kappa shape index (κ1) is 17.6. The smallest absolute Gasteiger partial charge is 0.351 e.